The Morgan fingerprint density at radius 1 is 1.00 bits per heavy atom. The summed E-state index contributed by atoms with van der Waals surface area (Å²) in [7, 11) is -4.94. The van der Waals surface area contributed by atoms with Gasteiger partial charge < -0.3 is 12.3 Å². The van der Waals surface area contributed by atoms with Gasteiger partial charge in [-0.25, -0.2) is 0 Å². The number of allylic oxidation sites excluding steroid dienone is 2. The van der Waals surface area contributed by atoms with E-state index in [1.807, 2.05) is 0 Å². The molecule has 2 aliphatic rings. The zero-order chi connectivity index (χ0) is 16.4. The second-order valence-electron chi connectivity index (χ2n) is 7.44. The zero-order valence-corrected chi connectivity index (χ0v) is 19.0. The van der Waals surface area contributed by atoms with Crippen molar-refractivity contribution in [2.45, 2.75) is 71.0 Å². The highest BCUT2D eigenvalue weighted by Gasteiger charge is 2.48. The predicted molar refractivity (Wildman–Crippen MR) is 99.8 cm³/mol. The van der Waals surface area contributed by atoms with Crippen LogP contribution in [0.25, 0.3) is 0 Å². The van der Waals surface area contributed by atoms with Gasteiger partial charge in [-0.3, -0.25) is 0 Å². The minimum absolute atomic E-state index is 0.427. The van der Waals surface area contributed by atoms with Crippen LogP contribution in [-0.4, -0.2) is 35.9 Å². The fourth-order valence-electron chi connectivity index (χ4n) is 3.72. The highest BCUT2D eigenvalue weighted by atomic mass is 28.5. The van der Waals surface area contributed by atoms with Crippen molar-refractivity contribution < 1.29 is 12.3 Å². The molecule has 0 aromatic rings. The van der Waals surface area contributed by atoms with E-state index in [4.69, 9.17) is 12.3 Å². The van der Waals surface area contributed by atoms with Crippen LogP contribution in [0.4, 0.5) is 0 Å². The van der Waals surface area contributed by atoms with Gasteiger partial charge in [0, 0.05) is 6.04 Å². The van der Waals surface area contributed by atoms with E-state index in [2.05, 4.69) is 51.4 Å². The number of hydrogen-bond acceptors (Lipinski definition) is 3. The second kappa shape index (κ2) is 7.58. The van der Waals surface area contributed by atoms with Crippen molar-refractivity contribution in [3.05, 3.63) is 12.2 Å². The van der Waals surface area contributed by atoms with E-state index < -0.39 is 35.9 Å². The first-order valence-electron chi connectivity index (χ1n) is 8.41. The van der Waals surface area contributed by atoms with Crippen LogP contribution in [0.5, 0.6) is 0 Å². The van der Waals surface area contributed by atoms with E-state index >= 15 is 0 Å². The van der Waals surface area contributed by atoms with Crippen LogP contribution in [-0.2, 0) is 12.3 Å². The van der Waals surface area contributed by atoms with E-state index in [1.54, 1.807) is 0 Å². The Balaban J connectivity index is 2.08. The highest BCUT2D eigenvalue weighted by molar-refractivity contribution is 6.79. The van der Waals surface area contributed by atoms with Crippen LogP contribution < -0.4 is 0 Å². The van der Waals surface area contributed by atoms with Crippen LogP contribution in [0.1, 0.15) is 25.7 Å². The summed E-state index contributed by atoms with van der Waals surface area (Å²) in [4.78, 5) is 0. The van der Waals surface area contributed by atoms with Crippen LogP contribution in [0.3, 0.4) is 0 Å². The van der Waals surface area contributed by atoms with Gasteiger partial charge in [-0.15, -0.1) is 0 Å². The summed E-state index contributed by atoms with van der Waals surface area (Å²) < 4.78 is 19.3. The van der Waals surface area contributed by atoms with E-state index in [1.165, 1.54) is 25.7 Å². The lowest BCUT2D eigenvalue weighted by atomic mass is 9.85. The second-order valence-corrected chi connectivity index (χ2v) is 17.2. The van der Waals surface area contributed by atoms with E-state index in [0.717, 1.165) is 12.0 Å². The molecule has 22 heavy (non-hydrogen) atoms. The third-order valence-electron chi connectivity index (χ3n) is 4.41. The first kappa shape index (κ1) is 18.8. The molecule has 2 rings (SSSR count). The van der Waals surface area contributed by atoms with Gasteiger partial charge in [0.2, 0.25) is 0 Å². The lowest BCUT2D eigenvalue weighted by Crippen LogP contribution is -2.53. The van der Waals surface area contributed by atoms with Gasteiger partial charge in [-0.2, -0.15) is 0 Å². The quantitative estimate of drug-likeness (QED) is 0.442. The molecule has 125 valence electrons. The molecule has 0 spiro atoms. The molecule has 1 fully saturated rings. The molecule has 2 unspecified atom stereocenters. The molecule has 0 aromatic heterocycles. The van der Waals surface area contributed by atoms with Gasteiger partial charge in [0.15, 0.2) is 27.1 Å². The largest absolute Gasteiger partial charge is 0.469 e. The molecule has 2 atom stereocenters. The number of hydrogen-bond donors (Lipinski definition) is 0. The Morgan fingerprint density at radius 2 is 1.55 bits per heavy atom. The van der Waals surface area contributed by atoms with Crippen molar-refractivity contribution in [3.63, 3.8) is 0 Å². The molecule has 3 radical (unpaired) electrons. The van der Waals surface area contributed by atoms with Gasteiger partial charge in [0.25, 0.3) is 0 Å². The Hall–Kier alpha value is 0.488. The van der Waals surface area contributed by atoms with Crippen molar-refractivity contribution in [2.24, 2.45) is 11.3 Å². The standard InChI is InChI=1S/C15H31O3Si4/c1-19(2)16-22(17-20(3)4,18-21(5)6)12-11-15-9-7-14(13-15)8-10-15/h7,9,14H,8,10-13H2,1-6H3. The average Bonchev–Trinajstić information content (AvgIpc) is 2.94. The Labute approximate surface area is 143 Å². The normalized spacial score (nSPS) is 27.8. The molecule has 0 heterocycles. The number of fused-ring (bicyclic) bond motifs is 2. The smallest absolute Gasteiger partial charge is 0.416 e. The topological polar surface area (TPSA) is 27.7 Å². The summed E-state index contributed by atoms with van der Waals surface area (Å²) in [5, 5.41) is 0. The molecular formula is C15H31O3Si4. The monoisotopic (exact) mass is 371 g/mol. The number of rotatable bonds is 9. The van der Waals surface area contributed by atoms with Gasteiger partial charge in [0.1, 0.15) is 0 Å². The molecule has 2 aliphatic carbocycles. The molecule has 0 amide bonds. The summed E-state index contributed by atoms with van der Waals surface area (Å²) >= 11 is 0. The van der Waals surface area contributed by atoms with Crippen molar-refractivity contribution in [3.8, 4) is 0 Å². The molecule has 0 N–H and O–H groups in total. The molecule has 3 nitrogen and oxygen atoms in total. The first-order chi connectivity index (χ1) is 10.2. The van der Waals surface area contributed by atoms with E-state index in [-0.39, 0.29) is 0 Å². The molecule has 0 aliphatic heterocycles. The third kappa shape index (κ3) is 4.99. The Bertz CT molecular complexity index is 374. The van der Waals surface area contributed by atoms with Crippen LogP contribution in [0.15, 0.2) is 12.2 Å². The molecule has 2 bridgehead atoms. The molecule has 7 heteroatoms. The fourth-order valence-corrected chi connectivity index (χ4v) is 14.8. The first-order valence-corrected chi connectivity index (χ1v) is 17.6. The van der Waals surface area contributed by atoms with Crippen LogP contribution in [0.2, 0.25) is 45.3 Å². The van der Waals surface area contributed by atoms with Gasteiger partial charge in [0.05, 0.1) is 0 Å². The minimum atomic E-state index is -2.50. The summed E-state index contributed by atoms with van der Waals surface area (Å²) in [5.74, 6) is 0.838. The zero-order valence-electron chi connectivity index (χ0n) is 15.0. The Kier molecular flexibility index (Phi) is 6.49. The van der Waals surface area contributed by atoms with Gasteiger partial charge in [-0.1, -0.05) is 12.2 Å². The van der Waals surface area contributed by atoms with Gasteiger partial charge >= 0.3 is 8.80 Å². The maximum atomic E-state index is 6.45. The van der Waals surface area contributed by atoms with Crippen molar-refractivity contribution >= 4 is 35.9 Å². The van der Waals surface area contributed by atoms with E-state index in [0.29, 0.717) is 5.41 Å². The van der Waals surface area contributed by atoms with Crippen molar-refractivity contribution in [1.29, 1.82) is 0 Å². The summed E-state index contributed by atoms with van der Waals surface area (Å²) in [6.45, 7) is 13.2. The summed E-state index contributed by atoms with van der Waals surface area (Å²) in [6.07, 6.45) is 10.2. The molecule has 0 aromatic carbocycles. The van der Waals surface area contributed by atoms with E-state index in [9.17, 15) is 0 Å². The van der Waals surface area contributed by atoms with Crippen LogP contribution >= 0.6 is 0 Å². The average molecular weight is 372 g/mol. The SMILES string of the molecule is C[Si](C)O[Si](CCC12C=CC(CC1)C2)(O[Si](C)C)O[Si](C)C. The van der Waals surface area contributed by atoms with Crippen LogP contribution in [0, 0.1) is 11.3 Å². The highest BCUT2D eigenvalue weighted by Crippen LogP contribution is 2.52. The fraction of sp³-hybridized carbons (Fsp3) is 0.867. The summed E-state index contributed by atoms with van der Waals surface area (Å²) in [6, 6.07) is 1.01. The molecular weight excluding hydrogens is 341 g/mol. The minimum Gasteiger partial charge on any atom is -0.416 e. The van der Waals surface area contributed by atoms with Crippen molar-refractivity contribution in [1.82, 2.24) is 0 Å². The lowest BCUT2D eigenvalue weighted by Gasteiger charge is -2.37. The third-order valence-corrected chi connectivity index (χ3v) is 13.9. The maximum Gasteiger partial charge on any atom is 0.469 e. The predicted octanol–water partition coefficient (Wildman–Crippen LogP) is 4.47. The molecule has 1 saturated carbocycles. The maximum absolute atomic E-state index is 6.45. The molecule has 0 saturated heterocycles. The van der Waals surface area contributed by atoms with Gasteiger partial charge in [-0.05, 0) is 76.3 Å². The lowest BCUT2D eigenvalue weighted by molar-refractivity contribution is 0.253. The summed E-state index contributed by atoms with van der Waals surface area (Å²) in [5.41, 5.74) is 0.427. The Morgan fingerprint density at radius 3 is 1.86 bits per heavy atom. The van der Waals surface area contributed by atoms with Crippen molar-refractivity contribution in [2.75, 3.05) is 0 Å².